The molecule has 1 fully saturated rings. The third-order valence-electron chi connectivity index (χ3n) is 4.70. The molecule has 1 amide bonds. The van der Waals surface area contributed by atoms with E-state index in [1.165, 1.54) is 5.69 Å². The second-order valence-electron chi connectivity index (χ2n) is 7.11. The maximum Gasteiger partial charge on any atom is 0.251 e. The van der Waals surface area contributed by atoms with E-state index in [2.05, 4.69) is 39.4 Å². The largest absolute Gasteiger partial charge is 0.491 e. The van der Waals surface area contributed by atoms with E-state index >= 15 is 0 Å². The quantitative estimate of drug-likeness (QED) is 0.817. The van der Waals surface area contributed by atoms with Crippen LogP contribution in [0.25, 0.3) is 0 Å². The number of nitrogens with zero attached hydrogens (tertiary/aromatic N) is 2. The van der Waals surface area contributed by atoms with Crippen molar-refractivity contribution in [1.82, 2.24) is 10.2 Å². The number of benzene rings is 2. The van der Waals surface area contributed by atoms with Gasteiger partial charge in [-0.3, -0.25) is 9.69 Å². The molecule has 0 unspecified atom stereocenters. The highest BCUT2D eigenvalue weighted by atomic mass is 16.5. The number of amides is 1. The number of para-hydroxylation sites is 1. The van der Waals surface area contributed by atoms with Gasteiger partial charge in [0.1, 0.15) is 5.75 Å². The van der Waals surface area contributed by atoms with Crippen molar-refractivity contribution in [2.45, 2.75) is 20.0 Å². The number of carbonyl (C=O) groups excluding carboxylic acids is 1. The third kappa shape index (κ3) is 5.73. The Bertz CT molecular complexity index is 708. The molecule has 0 spiro atoms. The van der Waals surface area contributed by atoms with E-state index in [9.17, 15) is 4.79 Å². The molecule has 5 nitrogen and oxygen atoms in total. The second kappa shape index (κ2) is 9.42. The highest BCUT2D eigenvalue weighted by Gasteiger charge is 2.17. The molecule has 1 N–H and O–H groups in total. The lowest BCUT2D eigenvalue weighted by molar-refractivity contribution is 0.0947. The number of piperazine rings is 1. The molecule has 5 heteroatoms. The van der Waals surface area contributed by atoms with E-state index in [0.717, 1.165) is 38.5 Å². The van der Waals surface area contributed by atoms with Gasteiger partial charge in [-0.15, -0.1) is 0 Å². The van der Waals surface area contributed by atoms with Crippen LogP contribution in [0, 0.1) is 0 Å². The van der Waals surface area contributed by atoms with E-state index in [1.807, 2.05) is 44.2 Å². The minimum absolute atomic E-state index is 0.0333. The number of carbonyl (C=O) groups is 1. The minimum atomic E-state index is -0.0333. The summed E-state index contributed by atoms with van der Waals surface area (Å²) in [6.45, 7) is 9.60. The maximum absolute atomic E-state index is 12.3. The molecule has 0 aromatic heterocycles. The standard InChI is InChI=1S/C22H29N3O2/c1-18(2)27-21-10-8-19(9-11-21)22(26)23-12-13-24-14-16-25(17-15-24)20-6-4-3-5-7-20/h3-11,18H,12-17H2,1-2H3,(H,23,26). The number of hydrogen-bond acceptors (Lipinski definition) is 4. The second-order valence-corrected chi connectivity index (χ2v) is 7.11. The van der Waals surface area contributed by atoms with Crippen molar-refractivity contribution in [3.05, 3.63) is 60.2 Å². The summed E-state index contributed by atoms with van der Waals surface area (Å²) in [4.78, 5) is 17.1. The number of anilines is 1. The van der Waals surface area contributed by atoms with E-state index in [0.29, 0.717) is 12.1 Å². The lowest BCUT2D eigenvalue weighted by Crippen LogP contribution is -2.48. The zero-order chi connectivity index (χ0) is 19.1. The normalized spacial score (nSPS) is 15.0. The van der Waals surface area contributed by atoms with Gasteiger partial charge in [0.2, 0.25) is 0 Å². The molecule has 1 heterocycles. The Morgan fingerprint density at radius 3 is 2.30 bits per heavy atom. The predicted molar refractivity (Wildman–Crippen MR) is 110 cm³/mol. The van der Waals surface area contributed by atoms with Gasteiger partial charge in [0.05, 0.1) is 6.10 Å². The van der Waals surface area contributed by atoms with Gasteiger partial charge in [-0.2, -0.15) is 0 Å². The number of ether oxygens (including phenoxy) is 1. The van der Waals surface area contributed by atoms with Crippen molar-refractivity contribution in [2.24, 2.45) is 0 Å². The number of hydrogen-bond donors (Lipinski definition) is 1. The van der Waals surface area contributed by atoms with E-state index in [-0.39, 0.29) is 12.0 Å². The summed E-state index contributed by atoms with van der Waals surface area (Å²) in [6, 6.07) is 17.8. The molecule has 0 aliphatic carbocycles. The topological polar surface area (TPSA) is 44.8 Å². The average molecular weight is 367 g/mol. The molecule has 2 aromatic rings. The summed E-state index contributed by atoms with van der Waals surface area (Å²) >= 11 is 0. The Hall–Kier alpha value is -2.53. The summed E-state index contributed by atoms with van der Waals surface area (Å²) in [5.41, 5.74) is 1.95. The van der Waals surface area contributed by atoms with E-state index in [1.54, 1.807) is 0 Å². The fourth-order valence-electron chi connectivity index (χ4n) is 3.26. The van der Waals surface area contributed by atoms with Crippen LogP contribution in [0.3, 0.4) is 0 Å². The number of rotatable bonds is 7. The molecular weight excluding hydrogens is 338 g/mol. The first-order valence-electron chi connectivity index (χ1n) is 9.69. The molecule has 0 radical (unpaired) electrons. The monoisotopic (exact) mass is 367 g/mol. The summed E-state index contributed by atoms with van der Waals surface area (Å²) < 4.78 is 5.61. The van der Waals surface area contributed by atoms with Crippen LogP contribution in [0.5, 0.6) is 5.75 Å². The smallest absolute Gasteiger partial charge is 0.251 e. The molecular formula is C22H29N3O2. The van der Waals surface area contributed by atoms with Crippen LogP contribution >= 0.6 is 0 Å². The lowest BCUT2D eigenvalue weighted by atomic mass is 10.2. The van der Waals surface area contributed by atoms with E-state index < -0.39 is 0 Å². The molecule has 1 saturated heterocycles. The van der Waals surface area contributed by atoms with Gasteiger partial charge in [0.15, 0.2) is 0 Å². The fourth-order valence-corrected chi connectivity index (χ4v) is 3.26. The maximum atomic E-state index is 12.3. The van der Waals surface area contributed by atoms with Crippen LogP contribution in [0.15, 0.2) is 54.6 Å². The van der Waals surface area contributed by atoms with Gasteiger partial charge < -0.3 is 15.0 Å². The molecule has 0 bridgehead atoms. The van der Waals surface area contributed by atoms with Crippen molar-refractivity contribution < 1.29 is 9.53 Å². The molecule has 27 heavy (non-hydrogen) atoms. The van der Waals surface area contributed by atoms with Crippen LogP contribution in [-0.4, -0.2) is 56.2 Å². The molecule has 3 rings (SSSR count). The van der Waals surface area contributed by atoms with Gasteiger partial charge in [-0.25, -0.2) is 0 Å². The summed E-state index contributed by atoms with van der Waals surface area (Å²) in [5, 5.41) is 3.01. The highest BCUT2D eigenvalue weighted by Crippen LogP contribution is 2.15. The summed E-state index contributed by atoms with van der Waals surface area (Å²) in [5.74, 6) is 0.756. The molecule has 0 atom stereocenters. The zero-order valence-corrected chi connectivity index (χ0v) is 16.2. The van der Waals surface area contributed by atoms with Gasteiger partial charge >= 0.3 is 0 Å². The first-order chi connectivity index (χ1) is 13.1. The van der Waals surface area contributed by atoms with Gasteiger partial charge in [-0.1, -0.05) is 18.2 Å². The van der Waals surface area contributed by atoms with Gasteiger partial charge in [0, 0.05) is 50.5 Å². The van der Waals surface area contributed by atoms with E-state index in [4.69, 9.17) is 4.74 Å². The first-order valence-corrected chi connectivity index (χ1v) is 9.69. The van der Waals surface area contributed by atoms with Crippen LogP contribution in [0.1, 0.15) is 24.2 Å². The Balaban J connectivity index is 1.38. The van der Waals surface area contributed by atoms with Crippen molar-refractivity contribution >= 4 is 11.6 Å². The molecule has 0 saturated carbocycles. The fraction of sp³-hybridized carbons (Fsp3) is 0.409. The van der Waals surface area contributed by atoms with Crippen LogP contribution in [-0.2, 0) is 0 Å². The Morgan fingerprint density at radius 1 is 1.00 bits per heavy atom. The van der Waals surface area contributed by atoms with Crippen LogP contribution in [0.2, 0.25) is 0 Å². The average Bonchev–Trinajstić information content (AvgIpc) is 2.69. The molecule has 1 aliphatic rings. The van der Waals surface area contributed by atoms with Crippen molar-refractivity contribution in [2.75, 3.05) is 44.2 Å². The zero-order valence-electron chi connectivity index (χ0n) is 16.2. The van der Waals surface area contributed by atoms with Crippen molar-refractivity contribution in [3.63, 3.8) is 0 Å². The van der Waals surface area contributed by atoms with Gasteiger partial charge in [-0.05, 0) is 50.2 Å². The van der Waals surface area contributed by atoms with Crippen molar-refractivity contribution in [1.29, 1.82) is 0 Å². The molecule has 2 aromatic carbocycles. The molecule has 1 aliphatic heterocycles. The Labute approximate surface area is 161 Å². The third-order valence-corrected chi connectivity index (χ3v) is 4.70. The Kier molecular flexibility index (Phi) is 6.71. The summed E-state index contributed by atoms with van der Waals surface area (Å²) in [6.07, 6.45) is 0.132. The Morgan fingerprint density at radius 2 is 1.67 bits per heavy atom. The summed E-state index contributed by atoms with van der Waals surface area (Å²) in [7, 11) is 0. The number of nitrogens with one attached hydrogen (secondary N) is 1. The SMILES string of the molecule is CC(C)Oc1ccc(C(=O)NCCN2CCN(c3ccccc3)CC2)cc1. The van der Waals surface area contributed by atoms with Crippen molar-refractivity contribution in [3.8, 4) is 5.75 Å². The van der Waals surface area contributed by atoms with Gasteiger partial charge in [0.25, 0.3) is 5.91 Å². The van der Waals surface area contributed by atoms with Crippen LogP contribution in [0.4, 0.5) is 5.69 Å². The lowest BCUT2D eigenvalue weighted by Gasteiger charge is -2.36. The highest BCUT2D eigenvalue weighted by molar-refractivity contribution is 5.94. The molecule has 144 valence electrons. The predicted octanol–water partition coefficient (Wildman–Crippen LogP) is 3.03. The first kappa shape index (κ1) is 19.2. The van der Waals surface area contributed by atoms with Crippen LogP contribution < -0.4 is 15.0 Å². The minimum Gasteiger partial charge on any atom is -0.491 e.